The molecule has 204 valence electrons. The van der Waals surface area contributed by atoms with Crippen LogP contribution in [0.3, 0.4) is 0 Å². The average Bonchev–Trinajstić information content (AvgIpc) is 3.21. The third kappa shape index (κ3) is 4.49. The van der Waals surface area contributed by atoms with E-state index in [4.69, 9.17) is 8.92 Å². The van der Waals surface area contributed by atoms with Gasteiger partial charge in [-0.25, -0.2) is 4.79 Å². The molecule has 3 aliphatic rings. The molecule has 0 amide bonds. The number of aliphatic hydroxyl groups is 1. The standard InChI is InChI=1S/C29H40O7S/c1-7-27(5)16-23(36-24(31)17-35-37(33,34)21-10-8-18(2)9-11-21)28(6)19(3)12-14-29(20(4)26(27)32)15-13-22(30)25(28)29/h7-11,19-20,23,25-26,32H,1,12-17H2,2-6H3. The molecule has 0 aromatic heterocycles. The highest BCUT2D eigenvalue weighted by atomic mass is 32.2. The van der Waals surface area contributed by atoms with Crippen molar-refractivity contribution in [2.24, 2.45) is 34.0 Å². The first-order chi connectivity index (χ1) is 17.2. The Hall–Kier alpha value is -2.03. The molecule has 0 saturated heterocycles. The molecule has 8 unspecified atom stereocenters. The Balaban J connectivity index is 1.65. The highest BCUT2D eigenvalue weighted by Gasteiger charge is 2.68. The van der Waals surface area contributed by atoms with E-state index >= 15 is 0 Å². The van der Waals surface area contributed by atoms with Crippen LogP contribution in [0.5, 0.6) is 0 Å². The number of rotatable bonds is 6. The van der Waals surface area contributed by atoms with E-state index in [-0.39, 0.29) is 40.3 Å². The van der Waals surface area contributed by atoms with E-state index < -0.39 is 45.7 Å². The lowest BCUT2D eigenvalue weighted by molar-refractivity contribution is -0.207. The van der Waals surface area contributed by atoms with Crippen LogP contribution in [0, 0.1) is 40.9 Å². The third-order valence-electron chi connectivity index (χ3n) is 10.2. The summed E-state index contributed by atoms with van der Waals surface area (Å²) in [6, 6.07) is 6.17. The largest absolute Gasteiger partial charge is 0.460 e. The van der Waals surface area contributed by atoms with Crippen molar-refractivity contribution in [3.8, 4) is 0 Å². The van der Waals surface area contributed by atoms with Crippen molar-refractivity contribution in [1.29, 1.82) is 0 Å². The number of aliphatic hydroxyl groups excluding tert-OH is 1. The SMILES string of the molecule is C=CC1(C)CC(OC(=O)COS(=O)(=O)c2ccc(C)cc2)C2(C)C(C)CCC3(CCC(=O)C32)C(C)C1O. The molecule has 3 saturated carbocycles. The van der Waals surface area contributed by atoms with Gasteiger partial charge in [-0.3, -0.25) is 8.98 Å². The third-order valence-corrected chi connectivity index (χ3v) is 11.5. The van der Waals surface area contributed by atoms with Crippen LogP contribution in [-0.2, 0) is 28.6 Å². The molecule has 8 atom stereocenters. The van der Waals surface area contributed by atoms with Gasteiger partial charge in [-0.15, -0.1) is 6.58 Å². The minimum atomic E-state index is -4.15. The van der Waals surface area contributed by atoms with Crippen LogP contribution in [-0.4, -0.2) is 44.1 Å². The molecule has 1 aromatic rings. The van der Waals surface area contributed by atoms with Gasteiger partial charge in [0.15, 0.2) is 6.61 Å². The summed E-state index contributed by atoms with van der Waals surface area (Å²) in [4.78, 5) is 26.5. The molecule has 7 nitrogen and oxygen atoms in total. The molecular weight excluding hydrogens is 492 g/mol. The Morgan fingerprint density at radius 1 is 1.19 bits per heavy atom. The van der Waals surface area contributed by atoms with Gasteiger partial charge < -0.3 is 9.84 Å². The van der Waals surface area contributed by atoms with Crippen molar-refractivity contribution in [1.82, 2.24) is 0 Å². The van der Waals surface area contributed by atoms with Crippen LogP contribution in [0.25, 0.3) is 0 Å². The molecule has 0 spiro atoms. The highest BCUT2D eigenvalue weighted by Crippen LogP contribution is 2.68. The lowest BCUT2D eigenvalue weighted by Gasteiger charge is -2.61. The fraction of sp³-hybridized carbons (Fsp3) is 0.655. The average molecular weight is 533 g/mol. The minimum absolute atomic E-state index is 0.0394. The van der Waals surface area contributed by atoms with E-state index in [1.165, 1.54) is 12.1 Å². The zero-order chi connectivity index (χ0) is 27.4. The Bertz CT molecular complexity index is 1180. The molecule has 4 rings (SSSR count). The minimum Gasteiger partial charge on any atom is -0.460 e. The summed E-state index contributed by atoms with van der Waals surface area (Å²) < 4.78 is 36.3. The number of Topliss-reactive ketones (excluding diaryl/α,β-unsaturated/α-hetero) is 1. The maximum atomic E-state index is 13.4. The van der Waals surface area contributed by atoms with Gasteiger partial charge in [-0.2, -0.15) is 8.42 Å². The smallest absolute Gasteiger partial charge is 0.333 e. The van der Waals surface area contributed by atoms with Gasteiger partial charge in [0, 0.05) is 23.2 Å². The molecule has 8 heteroatoms. The summed E-state index contributed by atoms with van der Waals surface area (Å²) in [7, 11) is -4.15. The fourth-order valence-corrected chi connectivity index (χ4v) is 8.45. The maximum Gasteiger partial charge on any atom is 0.333 e. The van der Waals surface area contributed by atoms with Crippen LogP contribution >= 0.6 is 0 Å². The number of carbonyl (C=O) groups excluding carboxylic acids is 2. The fourth-order valence-electron chi connectivity index (χ4n) is 7.59. The van der Waals surface area contributed by atoms with Gasteiger partial charge in [0.25, 0.3) is 10.1 Å². The van der Waals surface area contributed by atoms with E-state index in [0.717, 1.165) is 18.4 Å². The molecule has 37 heavy (non-hydrogen) atoms. The zero-order valence-corrected chi connectivity index (χ0v) is 23.3. The Labute approximate surface area is 220 Å². The first-order valence-corrected chi connectivity index (χ1v) is 14.6. The Morgan fingerprint density at radius 2 is 1.84 bits per heavy atom. The summed E-state index contributed by atoms with van der Waals surface area (Å²) in [6.45, 7) is 13.2. The Morgan fingerprint density at radius 3 is 2.46 bits per heavy atom. The van der Waals surface area contributed by atoms with Gasteiger partial charge in [-0.1, -0.05) is 51.5 Å². The van der Waals surface area contributed by atoms with Gasteiger partial charge in [-0.05, 0) is 62.0 Å². The normalized spacial score (nSPS) is 39.8. The lowest BCUT2D eigenvalue weighted by Crippen LogP contribution is -2.63. The summed E-state index contributed by atoms with van der Waals surface area (Å²) >= 11 is 0. The first-order valence-electron chi connectivity index (χ1n) is 13.2. The number of carbonyl (C=O) groups is 2. The van der Waals surface area contributed by atoms with Crippen LogP contribution < -0.4 is 0 Å². The predicted octanol–water partition coefficient (Wildman–Crippen LogP) is 4.61. The number of ketones is 1. The van der Waals surface area contributed by atoms with Crippen molar-refractivity contribution < 1.29 is 32.0 Å². The van der Waals surface area contributed by atoms with Gasteiger partial charge >= 0.3 is 5.97 Å². The van der Waals surface area contributed by atoms with Gasteiger partial charge in [0.05, 0.1) is 11.0 Å². The summed E-state index contributed by atoms with van der Waals surface area (Å²) in [5.74, 6) is -1.05. The van der Waals surface area contributed by atoms with Gasteiger partial charge in [0.1, 0.15) is 11.9 Å². The molecule has 2 bridgehead atoms. The first kappa shape index (κ1) is 28.0. The van der Waals surface area contributed by atoms with Crippen LogP contribution in [0.1, 0.15) is 65.4 Å². The second-order valence-electron chi connectivity index (χ2n) is 12.1. The zero-order valence-electron chi connectivity index (χ0n) is 22.5. The van der Waals surface area contributed by atoms with Crippen molar-refractivity contribution in [2.75, 3.05) is 6.61 Å². The van der Waals surface area contributed by atoms with E-state index in [9.17, 15) is 23.1 Å². The number of benzene rings is 1. The van der Waals surface area contributed by atoms with Crippen LogP contribution in [0.15, 0.2) is 41.8 Å². The lowest BCUT2D eigenvalue weighted by atomic mass is 9.44. The van der Waals surface area contributed by atoms with E-state index in [1.807, 2.05) is 27.7 Å². The molecule has 1 N–H and O–H groups in total. The number of aryl methyl sites for hydroxylation is 1. The van der Waals surface area contributed by atoms with Crippen molar-refractivity contribution in [3.05, 3.63) is 42.5 Å². The monoisotopic (exact) mass is 532 g/mol. The molecule has 0 aliphatic heterocycles. The van der Waals surface area contributed by atoms with Crippen molar-refractivity contribution in [2.45, 2.75) is 83.8 Å². The molecular formula is C29H40O7S. The van der Waals surface area contributed by atoms with Crippen molar-refractivity contribution in [3.63, 3.8) is 0 Å². The Kier molecular flexibility index (Phi) is 7.27. The van der Waals surface area contributed by atoms with E-state index in [1.54, 1.807) is 18.2 Å². The van der Waals surface area contributed by atoms with E-state index in [2.05, 4.69) is 13.5 Å². The number of hydrogen-bond donors (Lipinski definition) is 1. The highest BCUT2D eigenvalue weighted by molar-refractivity contribution is 7.86. The molecule has 3 aliphatic carbocycles. The molecule has 1 aromatic carbocycles. The van der Waals surface area contributed by atoms with Crippen molar-refractivity contribution >= 4 is 21.9 Å². The summed E-state index contributed by atoms with van der Waals surface area (Å²) in [5, 5.41) is 11.6. The maximum absolute atomic E-state index is 13.4. The quantitative estimate of drug-likeness (QED) is 0.324. The molecule has 0 radical (unpaired) electrons. The second kappa shape index (κ2) is 9.62. The molecule has 3 fully saturated rings. The van der Waals surface area contributed by atoms with Crippen LogP contribution in [0.4, 0.5) is 0 Å². The van der Waals surface area contributed by atoms with Gasteiger partial charge in [0.2, 0.25) is 0 Å². The molecule has 0 heterocycles. The second-order valence-corrected chi connectivity index (χ2v) is 13.7. The summed E-state index contributed by atoms with van der Waals surface area (Å²) in [5.41, 5.74) is -0.910. The number of esters is 1. The predicted molar refractivity (Wildman–Crippen MR) is 139 cm³/mol. The van der Waals surface area contributed by atoms with Crippen LogP contribution in [0.2, 0.25) is 0 Å². The number of hydrogen-bond acceptors (Lipinski definition) is 7. The topological polar surface area (TPSA) is 107 Å². The number of ether oxygens (including phenoxy) is 1. The van der Waals surface area contributed by atoms with E-state index in [0.29, 0.717) is 12.8 Å². The summed E-state index contributed by atoms with van der Waals surface area (Å²) in [6.07, 6.45) is 3.37.